The Hall–Kier alpha value is -1.84. The van der Waals surface area contributed by atoms with Crippen LogP contribution in [-0.2, 0) is 4.79 Å². The molecule has 0 aliphatic heterocycles. The van der Waals surface area contributed by atoms with Crippen molar-refractivity contribution in [2.45, 2.75) is 0 Å². The molecule has 1 aromatic carbocycles. The number of nitrogens with zero attached hydrogens (tertiary/aromatic N) is 1. The molecule has 0 aliphatic rings. The second kappa shape index (κ2) is 4.59. The van der Waals surface area contributed by atoms with Gasteiger partial charge in [-0.05, 0) is 24.3 Å². The van der Waals surface area contributed by atoms with Crippen molar-refractivity contribution in [3.63, 3.8) is 0 Å². The van der Waals surface area contributed by atoms with Gasteiger partial charge in [-0.2, -0.15) is 0 Å². The topological polar surface area (TPSA) is 40.5 Å². The normalized spacial score (nSPS) is 10.6. The van der Waals surface area contributed by atoms with Crippen LogP contribution in [0.15, 0.2) is 24.3 Å². The molecule has 3 nitrogen and oxygen atoms in total. The summed E-state index contributed by atoms with van der Waals surface area (Å²) in [5.41, 5.74) is 1.32. The molecule has 0 bridgehead atoms. The van der Waals surface area contributed by atoms with Crippen LogP contribution in [0.3, 0.4) is 0 Å². The van der Waals surface area contributed by atoms with Gasteiger partial charge in [0.2, 0.25) is 0 Å². The van der Waals surface area contributed by atoms with Crippen molar-refractivity contribution in [1.29, 1.82) is 0 Å². The van der Waals surface area contributed by atoms with Crippen molar-refractivity contribution in [2.75, 3.05) is 19.0 Å². The van der Waals surface area contributed by atoms with E-state index in [4.69, 9.17) is 5.11 Å². The second-order valence-corrected chi connectivity index (χ2v) is 3.27. The Kier molecular flexibility index (Phi) is 3.44. The van der Waals surface area contributed by atoms with Gasteiger partial charge in [0.15, 0.2) is 0 Å². The van der Waals surface area contributed by atoms with Crippen LogP contribution in [-0.4, -0.2) is 25.2 Å². The Balaban J connectivity index is 3.13. The zero-order chi connectivity index (χ0) is 11.4. The highest BCUT2D eigenvalue weighted by atomic mass is 19.1. The van der Waals surface area contributed by atoms with Gasteiger partial charge in [0, 0.05) is 31.4 Å². The van der Waals surface area contributed by atoms with Crippen LogP contribution < -0.4 is 4.90 Å². The Labute approximate surface area is 87.4 Å². The van der Waals surface area contributed by atoms with Gasteiger partial charge in [-0.15, -0.1) is 0 Å². The van der Waals surface area contributed by atoms with E-state index in [9.17, 15) is 9.18 Å². The van der Waals surface area contributed by atoms with Crippen molar-refractivity contribution < 1.29 is 14.3 Å². The van der Waals surface area contributed by atoms with Gasteiger partial charge in [0.05, 0.1) is 0 Å². The molecule has 0 spiro atoms. The predicted octanol–water partition coefficient (Wildman–Crippen LogP) is 1.99. The van der Waals surface area contributed by atoms with Crippen molar-refractivity contribution in [1.82, 2.24) is 0 Å². The Bertz CT molecular complexity index is 400. The highest BCUT2D eigenvalue weighted by Gasteiger charge is 2.03. The summed E-state index contributed by atoms with van der Waals surface area (Å²) in [6, 6.07) is 4.25. The van der Waals surface area contributed by atoms with Crippen LogP contribution in [0.2, 0.25) is 0 Å². The smallest absolute Gasteiger partial charge is 0.328 e. The van der Waals surface area contributed by atoms with E-state index < -0.39 is 5.97 Å². The summed E-state index contributed by atoms with van der Waals surface area (Å²) < 4.78 is 12.9. The number of aliphatic carboxylic acids is 1. The lowest BCUT2D eigenvalue weighted by Gasteiger charge is -2.15. The van der Waals surface area contributed by atoms with Gasteiger partial charge in [-0.1, -0.05) is 0 Å². The summed E-state index contributed by atoms with van der Waals surface area (Å²) in [7, 11) is 3.62. The molecule has 1 rings (SSSR count). The Morgan fingerprint density at radius 2 is 2.13 bits per heavy atom. The lowest BCUT2D eigenvalue weighted by atomic mass is 10.1. The van der Waals surface area contributed by atoms with Gasteiger partial charge in [0.25, 0.3) is 0 Å². The van der Waals surface area contributed by atoms with Crippen molar-refractivity contribution in [3.8, 4) is 0 Å². The molecule has 0 unspecified atom stereocenters. The number of hydrogen-bond donors (Lipinski definition) is 1. The fourth-order valence-corrected chi connectivity index (χ4v) is 1.23. The zero-order valence-corrected chi connectivity index (χ0v) is 8.57. The molecule has 0 heterocycles. The summed E-state index contributed by atoms with van der Waals surface area (Å²) >= 11 is 0. The molecule has 1 aromatic rings. The lowest BCUT2D eigenvalue weighted by Crippen LogP contribution is -2.10. The second-order valence-electron chi connectivity index (χ2n) is 3.27. The molecule has 0 radical (unpaired) electrons. The SMILES string of the molecule is CN(C)c1ccc(F)cc1C=CC(=O)O. The van der Waals surface area contributed by atoms with E-state index in [1.807, 2.05) is 14.1 Å². The number of carboxylic acid groups (broad SMARTS) is 1. The van der Waals surface area contributed by atoms with E-state index in [1.54, 1.807) is 11.0 Å². The van der Waals surface area contributed by atoms with E-state index >= 15 is 0 Å². The molecule has 1 N–H and O–H groups in total. The minimum Gasteiger partial charge on any atom is -0.478 e. The zero-order valence-electron chi connectivity index (χ0n) is 8.57. The molecule has 0 saturated carbocycles. The number of hydrogen-bond acceptors (Lipinski definition) is 2. The Morgan fingerprint density at radius 3 is 2.67 bits per heavy atom. The van der Waals surface area contributed by atoms with Crippen molar-refractivity contribution >= 4 is 17.7 Å². The van der Waals surface area contributed by atoms with Crippen LogP contribution in [0.1, 0.15) is 5.56 Å². The first-order valence-electron chi connectivity index (χ1n) is 4.38. The number of benzene rings is 1. The van der Waals surface area contributed by atoms with Gasteiger partial charge >= 0.3 is 5.97 Å². The van der Waals surface area contributed by atoms with Gasteiger partial charge < -0.3 is 10.0 Å². The molecule has 0 saturated heterocycles. The monoisotopic (exact) mass is 209 g/mol. The van der Waals surface area contributed by atoms with Gasteiger partial charge in [0.1, 0.15) is 5.82 Å². The summed E-state index contributed by atoms with van der Waals surface area (Å²) in [5, 5.41) is 8.48. The highest BCUT2D eigenvalue weighted by Crippen LogP contribution is 2.20. The van der Waals surface area contributed by atoms with Crippen LogP contribution in [0.25, 0.3) is 6.08 Å². The summed E-state index contributed by atoms with van der Waals surface area (Å²) in [6.07, 6.45) is 2.36. The van der Waals surface area contributed by atoms with Crippen LogP contribution in [0.4, 0.5) is 10.1 Å². The maximum absolute atomic E-state index is 12.9. The van der Waals surface area contributed by atoms with E-state index in [2.05, 4.69) is 0 Å². The molecule has 0 fully saturated rings. The third kappa shape index (κ3) is 3.09. The molecule has 0 atom stereocenters. The quantitative estimate of drug-likeness (QED) is 0.774. The average molecular weight is 209 g/mol. The standard InChI is InChI=1S/C11H12FNO2/c1-13(2)10-5-4-9(12)7-8(10)3-6-11(14)15/h3-7H,1-2H3,(H,14,15). The minimum absolute atomic E-state index is 0.384. The lowest BCUT2D eigenvalue weighted by molar-refractivity contribution is -0.131. The molecule has 0 aliphatic carbocycles. The number of carbonyl (C=O) groups is 1. The number of rotatable bonds is 3. The first-order chi connectivity index (χ1) is 7.00. The Morgan fingerprint density at radius 1 is 1.47 bits per heavy atom. The van der Waals surface area contributed by atoms with E-state index in [0.29, 0.717) is 5.56 Å². The van der Waals surface area contributed by atoms with Crippen LogP contribution >= 0.6 is 0 Å². The van der Waals surface area contributed by atoms with Gasteiger partial charge in [-0.25, -0.2) is 9.18 Å². The molecule has 80 valence electrons. The number of anilines is 1. The largest absolute Gasteiger partial charge is 0.478 e. The summed E-state index contributed by atoms with van der Waals surface area (Å²) in [5.74, 6) is -1.44. The fourth-order valence-electron chi connectivity index (χ4n) is 1.23. The third-order valence-electron chi connectivity index (χ3n) is 1.88. The predicted molar refractivity (Wildman–Crippen MR) is 57.4 cm³/mol. The molecule has 4 heteroatoms. The molecular weight excluding hydrogens is 197 g/mol. The fraction of sp³-hybridized carbons (Fsp3) is 0.182. The minimum atomic E-state index is -1.05. The summed E-state index contributed by atoms with van der Waals surface area (Å²) in [6.45, 7) is 0. The van der Waals surface area contributed by atoms with E-state index in [1.165, 1.54) is 18.2 Å². The van der Waals surface area contributed by atoms with E-state index in [-0.39, 0.29) is 5.82 Å². The molecule has 0 amide bonds. The molecule has 15 heavy (non-hydrogen) atoms. The highest BCUT2D eigenvalue weighted by molar-refractivity contribution is 5.86. The van der Waals surface area contributed by atoms with Crippen molar-refractivity contribution in [3.05, 3.63) is 35.7 Å². The van der Waals surface area contributed by atoms with Crippen molar-refractivity contribution in [2.24, 2.45) is 0 Å². The molecule has 0 aromatic heterocycles. The first kappa shape index (κ1) is 11.2. The maximum Gasteiger partial charge on any atom is 0.328 e. The third-order valence-corrected chi connectivity index (χ3v) is 1.88. The first-order valence-corrected chi connectivity index (χ1v) is 4.38. The van der Waals surface area contributed by atoms with Crippen LogP contribution in [0, 0.1) is 5.82 Å². The van der Waals surface area contributed by atoms with Crippen LogP contribution in [0.5, 0.6) is 0 Å². The summed E-state index contributed by atoms with van der Waals surface area (Å²) in [4.78, 5) is 12.1. The average Bonchev–Trinajstić information content (AvgIpc) is 2.14. The van der Waals surface area contributed by atoms with E-state index in [0.717, 1.165) is 11.8 Å². The maximum atomic E-state index is 12.9. The number of carboxylic acids is 1. The number of halogens is 1. The molecular formula is C11H12FNO2. The van der Waals surface area contributed by atoms with Gasteiger partial charge in [-0.3, -0.25) is 0 Å².